The van der Waals surface area contributed by atoms with Crippen LogP contribution in [0.5, 0.6) is 0 Å². The van der Waals surface area contributed by atoms with Gasteiger partial charge in [0.2, 0.25) is 0 Å². The Kier molecular flexibility index (Phi) is 4.98. The van der Waals surface area contributed by atoms with Crippen LogP contribution in [0.25, 0.3) is 0 Å². The summed E-state index contributed by atoms with van der Waals surface area (Å²) in [5, 5.41) is 44.1. The van der Waals surface area contributed by atoms with Gasteiger partial charge in [0.15, 0.2) is 12.2 Å². The van der Waals surface area contributed by atoms with Gasteiger partial charge in [-0.05, 0) is 0 Å². The van der Waals surface area contributed by atoms with Gasteiger partial charge in [-0.15, -0.1) is 0 Å². The minimum Gasteiger partial charge on any atom is -0.479 e. The van der Waals surface area contributed by atoms with E-state index < -0.39 is 42.1 Å². The molecule has 0 aliphatic carbocycles. The molecule has 0 saturated heterocycles. The Labute approximate surface area is 88.7 Å². The number of rotatable bonds is 6. The zero-order valence-corrected chi connectivity index (χ0v) is 7.85. The number of ketones is 1. The number of aliphatic hydroxyl groups is 4. The zero-order chi connectivity index (χ0) is 13.0. The number of carbonyl (C=O) groups is 3. The molecule has 1 amide bonds. The molecule has 0 fully saturated rings. The van der Waals surface area contributed by atoms with Crippen LogP contribution in [0.15, 0.2) is 0 Å². The van der Waals surface area contributed by atoms with Crippen molar-refractivity contribution in [2.24, 2.45) is 5.73 Å². The third kappa shape index (κ3) is 3.24. The van der Waals surface area contributed by atoms with E-state index in [1.54, 1.807) is 0 Å². The number of carboxylic acid groups (broad SMARTS) is 1. The normalized spacial score (nSPS) is 18.2. The summed E-state index contributed by atoms with van der Waals surface area (Å²) in [6.07, 6.45) is -9.49. The van der Waals surface area contributed by atoms with Gasteiger partial charge in [0.1, 0.15) is 12.2 Å². The predicted molar refractivity (Wildman–Crippen MR) is 45.9 cm³/mol. The Balaban J connectivity index is 4.67. The lowest BCUT2D eigenvalue weighted by Crippen LogP contribution is -2.52. The predicted octanol–water partition coefficient (Wildman–Crippen LogP) is -4.43. The minimum atomic E-state index is -2.41. The number of primary amides is 1. The number of carbonyl (C=O) groups excluding carboxylic acids is 2. The van der Waals surface area contributed by atoms with Crippen molar-refractivity contribution >= 4 is 17.7 Å². The summed E-state index contributed by atoms with van der Waals surface area (Å²) in [4.78, 5) is 31.3. The van der Waals surface area contributed by atoms with Crippen molar-refractivity contribution in [3.05, 3.63) is 0 Å². The summed E-state index contributed by atoms with van der Waals surface area (Å²) in [6, 6.07) is 0. The van der Waals surface area contributed by atoms with Gasteiger partial charge in [-0.2, -0.15) is 0 Å². The average Bonchev–Trinajstić information content (AvgIpc) is 2.23. The quantitative estimate of drug-likeness (QED) is 0.250. The van der Waals surface area contributed by atoms with Gasteiger partial charge in [-0.25, -0.2) is 4.79 Å². The standard InChI is InChI=1S/C7H11NO8/c8-6(14)4(12)2(10)1(9)3(11)5(13)7(15)16/h1-3,5,9-11,13H,(H2,8,14)(H,15,16)/t1-,2-,3+,5+/m1/s1. The van der Waals surface area contributed by atoms with E-state index in [9.17, 15) is 14.4 Å². The van der Waals surface area contributed by atoms with Crippen LogP contribution >= 0.6 is 0 Å². The monoisotopic (exact) mass is 237 g/mol. The summed E-state index contributed by atoms with van der Waals surface area (Å²) in [5.74, 6) is -5.04. The molecule has 0 rings (SSSR count). The number of carboxylic acids is 1. The van der Waals surface area contributed by atoms with Crippen molar-refractivity contribution in [3.63, 3.8) is 0 Å². The molecule has 0 aliphatic rings. The van der Waals surface area contributed by atoms with E-state index in [0.717, 1.165) is 0 Å². The van der Waals surface area contributed by atoms with Crippen LogP contribution in [-0.2, 0) is 14.4 Å². The molecule has 7 N–H and O–H groups in total. The second kappa shape index (κ2) is 5.51. The molecule has 0 aliphatic heterocycles. The SMILES string of the molecule is NC(=O)C(=O)[C@H](O)[C@@H](O)[C@H](O)[C@H](O)C(=O)O. The third-order valence-electron chi connectivity index (χ3n) is 1.76. The number of amides is 1. The molecule has 92 valence electrons. The lowest BCUT2D eigenvalue weighted by atomic mass is 10.00. The van der Waals surface area contributed by atoms with Crippen LogP contribution in [-0.4, -0.2) is 67.6 Å². The molecule has 0 aromatic carbocycles. The second-order valence-corrected chi connectivity index (χ2v) is 2.94. The van der Waals surface area contributed by atoms with Crippen molar-refractivity contribution in [1.82, 2.24) is 0 Å². The van der Waals surface area contributed by atoms with Crippen molar-refractivity contribution in [1.29, 1.82) is 0 Å². The van der Waals surface area contributed by atoms with Crippen molar-refractivity contribution in [3.8, 4) is 0 Å². The Bertz CT molecular complexity index is 303. The van der Waals surface area contributed by atoms with Crippen molar-refractivity contribution < 1.29 is 39.9 Å². The van der Waals surface area contributed by atoms with Crippen molar-refractivity contribution in [2.45, 2.75) is 24.4 Å². The zero-order valence-electron chi connectivity index (χ0n) is 7.85. The van der Waals surface area contributed by atoms with E-state index in [0.29, 0.717) is 0 Å². The van der Waals surface area contributed by atoms with E-state index in [1.165, 1.54) is 0 Å². The highest BCUT2D eigenvalue weighted by Crippen LogP contribution is 2.06. The van der Waals surface area contributed by atoms with Crippen LogP contribution < -0.4 is 5.73 Å². The third-order valence-corrected chi connectivity index (χ3v) is 1.76. The molecule has 0 unspecified atom stereocenters. The highest BCUT2D eigenvalue weighted by atomic mass is 16.4. The number of hydrogen-bond acceptors (Lipinski definition) is 7. The van der Waals surface area contributed by atoms with Crippen LogP contribution in [0.1, 0.15) is 0 Å². The molecule has 0 radical (unpaired) electrons. The van der Waals surface area contributed by atoms with Crippen LogP contribution in [0.3, 0.4) is 0 Å². The van der Waals surface area contributed by atoms with Gasteiger partial charge in [-0.3, -0.25) is 9.59 Å². The molecule has 0 heterocycles. The molecule has 0 aromatic rings. The fraction of sp³-hybridized carbons (Fsp3) is 0.571. The van der Waals surface area contributed by atoms with E-state index in [2.05, 4.69) is 5.73 Å². The molecule has 0 saturated carbocycles. The topological polar surface area (TPSA) is 178 Å². The first-order valence-corrected chi connectivity index (χ1v) is 3.98. The van der Waals surface area contributed by atoms with Gasteiger partial charge in [0.05, 0.1) is 0 Å². The number of hydrogen-bond donors (Lipinski definition) is 6. The molecule has 0 spiro atoms. The molecule has 0 aromatic heterocycles. The Morgan fingerprint density at radius 3 is 1.56 bits per heavy atom. The average molecular weight is 237 g/mol. The molecule has 9 heteroatoms. The summed E-state index contributed by atoms with van der Waals surface area (Å²) >= 11 is 0. The molecule has 4 atom stereocenters. The summed E-state index contributed by atoms with van der Waals surface area (Å²) in [5.41, 5.74) is 4.49. The van der Waals surface area contributed by atoms with Crippen molar-refractivity contribution in [2.75, 3.05) is 0 Å². The fourth-order valence-electron chi connectivity index (χ4n) is 0.820. The van der Waals surface area contributed by atoms with E-state index in [-0.39, 0.29) is 0 Å². The van der Waals surface area contributed by atoms with E-state index in [4.69, 9.17) is 25.5 Å². The summed E-state index contributed by atoms with van der Waals surface area (Å²) < 4.78 is 0. The first-order chi connectivity index (χ1) is 7.20. The van der Waals surface area contributed by atoms with E-state index in [1.807, 2.05) is 0 Å². The highest BCUT2D eigenvalue weighted by molar-refractivity contribution is 6.37. The number of aliphatic hydroxyl groups excluding tert-OH is 4. The summed E-state index contributed by atoms with van der Waals surface area (Å²) in [7, 11) is 0. The lowest BCUT2D eigenvalue weighted by Gasteiger charge is -2.22. The van der Waals surface area contributed by atoms with Gasteiger partial charge in [0.25, 0.3) is 11.7 Å². The first kappa shape index (κ1) is 14.5. The Morgan fingerprint density at radius 1 is 0.875 bits per heavy atom. The van der Waals surface area contributed by atoms with Gasteiger partial charge in [0, 0.05) is 0 Å². The summed E-state index contributed by atoms with van der Waals surface area (Å²) in [6.45, 7) is 0. The number of nitrogens with two attached hydrogens (primary N) is 1. The maximum atomic E-state index is 10.8. The number of aliphatic carboxylic acids is 1. The Hall–Kier alpha value is -1.55. The first-order valence-electron chi connectivity index (χ1n) is 3.98. The largest absolute Gasteiger partial charge is 0.479 e. The molecular weight excluding hydrogens is 226 g/mol. The maximum Gasteiger partial charge on any atom is 0.335 e. The maximum absolute atomic E-state index is 10.8. The van der Waals surface area contributed by atoms with Crippen LogP contribution in [0, 0.1) is 0 Å². The molecular formula is C7H11NO8. The Morgan fingerprint density at radius 2 is 1.25 bits per heavy atom. The smallest absolute Gasteiger partial charge is 0.335 e. The van der Waals surface area contributed by atoms with Gasteiger partial charge in [-0.1, -0.05) is 0 Å². The van der Waals surface area contributed by atoms with Gasteiger partial charge >= 0.3 is 5.97 Å². The second-order valence-electron chi connectivity index (χ2n) is 2.94. The van der Waals surface area contributed by atoms with Gasteiger partial charge < -0.3 is 31.3 Å². The highest BCUT2D eigenvalue weighted by Gasteiger charge is 2.38. The lowest BCUT2D eigenvalue weighted by molar-refractivity contribution is -0.166. The van der Waals surface area contributed by atoms with Crippen LogP contribution in [0.4, 0.5) is 0 Å². The van der Waals surface area contributed by atoms with E-state index >= 15 is 0 Å². The molecule has 16 heavy (non-hydrogen) atoms. The number of Topliss-reactive ketones (excluding diaryl/α,β-unsaturated/α-hetero) is 1. The minimum absolute atomic E-state index is 1.57. The molecule has 9 nitrogen and oxygen atoms in total. The fourth-order valence-corrected chi connectivity index (χ4v) is 0.820. The van der Waals surface area contributed by atoms with Crippen LogP contribution in [0.2, 0.25) is 0 Å². The molecule has 0 bridgehead atoms.